The van der Waals surface area contributed by atoms with Gasteiger partial charge >= 0.3 is 0 Å². The average molecular weight is 710 g/mol. The lowest BCUT2D eigenvalue weighted by Crippen LogP contribution is -2.75. The third-order valence-electron chi connectivity index (χ3n) is 10.3. The maximum Gasteiger partial charge on any atom is 0.201 e. The van der Waals surface area contributed by atoms with Crippen LogP contribution in [0.1, 0.15) is 52.7 Å². The molecule has 0 bridgehead atoms. The molecule has 6 heteroatoms. The van der Waals surface area contributed by atoms with E-state index in [2.05, 4.69) is 151 Å². The van der Waals surface area contributed by atoms with Gasteiger partial charge in [-0.05, 0) is 62.3 Å². The summed E-state index contributed by atoms with van der Waals surface area (Å²) in [6.07, 6.45) is 1.89. The number of phenols is 1. The number of aromatic nitrogens is 3. The van der Waals surface area contributed by atoms with Crippen LogP contribution in [0.3, 0.4) is 0 Å². The Balaban J connectivity index is 1.45. The smallest absolute Gasteiger partial charge is 0.201 e. The Kier molecular flexibility index (Phi) is 8.38. The molecule has 262 valence electrons. The van der Waals surface area contributed by atoms with E-state index in [0.717, 1.165) is 33.0 Å². The molecule has 0 saturated heterocycles. The SMILES string of the molecule is CC(C)(C)c1cc(-c2nc(-c3cccc([Si](c4ccccc4)(c4ccccc4)c4ccccn4)c3)c3oc4ccccc4c3n2)c(O)c(C(C)(C)C)c1. The van der Waals surface area contributed by atoms with E-state index in [0.29, 0.717) is 28.2 Å². The zero-order valence-corrected chi connectivity index (χ0v) is 32.1. The highest BCUT2D eigenvalue weighted by Gasteiger charge is 2.43. The fourth-order valence-electron chi connectivity index (χ4n) is 7.52. The number of rotatable bonds is 6. The van der Waals surface area contributed by atoms with Crippen molar-refractivity contribution in [3.8, 4) is 28.4 Å². The van der Waals surface area contributed by atoms with Crippen LogP contribution >= 0.6 is 0 Å². The van der Waals surface area contributed by atoms with E-state index in [1.54, 1.807) is 0 Å². The molecule has 0 amide bonds. The van der Waals surface area contributed by atoms with Crippen LogP contribution in [-0.2, 0) is 10.8 Å². The number of nitrogens with zero attached hydrogens (tertiary/aromatic N) is 3. The quantitative estimate of drug-likeness (QED) is 0.138. The summed E-state index contributed by atoms with van der Waals surface area (Å²) in [4.78, 5) is 15.6. The molecule has 1 N–H and O–H groups in total. The van der Waals surface area contributed by atoms with Crippen LogP contribution in [0.2, 0.25) is 0 Å². The van der Waals surface area contributed by atoms with Gasteiger partial charge in [-0.1, -0.05) is 151 Å². The Morgan fingerprint density at radius 1 is 0.604 bits per heavy atom. The third kappa shape index (κ3) is 5.93. The predicted molar refractivity (Wildman–Crippen MR) is 221 cm³/mol. The van der Waals surface area contributed by atoms with Gasteiger partial charge in [0.15, 0.2) is 11.4 Å². The highest BCUT2D eigenvalue weighted by Crippen LogP contribution is 2.43. The van der Waals surface area contributed by atoms with E-state index in [-0.39, 0.29) is 16.6 Å². The first-order valence-corrected chi connectivity index (χ1v) is 20.2. The van der Waals surface area contributed by atoms with Crippen LogP contribution in [0.25, 0.3) is 44.7 Å². The molecule has 0 fully saturated rings. The zero-order valence-electron chi connectivity index (χ0n) is 31.1. The molecule has 0 saturated carbocycles. The fraction of sp³-hybridized carbons (Fsp3) is 0.170. The molecule has 0 aliphatic heterocycles. The first kappa shape index (κ1) is 34.2. The van der Waals surface area contributed by atoms with Crippen LogP contribution in [0.15, 0.2) is 150 Å². The van der Waals surface area contributed by atoms with Gasteiger partial charge in [0.2, 0.25) is 8.07 Å². The maximum absolute atomic E-state index is 12.0. The van der Waals surface area contributed by atoms with Crippen molar-refractivity contribution in [2.45, 2.75) is 52.4 Å². The molecule has 8 aromatic rings. The first-order valence-electron chi connectivity index (χ1n) is 18.2. The summed E-state index contributed by atoms with van der Waals surface area (Å²) >= 11 is 0. The van der Waals surface area contributed by atoms with Gasteiger partial charge in [0.25, 0.3) is 0 Å². The Morgan fingerprint density at radius 3 is 1.89 bits per heavy atom. The molecule has 5 aromatic carbocycles. The summed E-state index contributed by atoms with van der Waals surface area (Å²) in [7, 11) is -2.93. The summed E-state index contributed by atoms with van der Waals surface area (Å²) in [6, 6.07) is 48.6. The molecule has 0 atom stereocenters. The van der Waals surface area contributed by atoms with Crippen LogP contribution in [-0.4, -0.2) is 28.1 Å². The summed E-state index contributed by atoms with van der Waals surface area (Å²) < 4.78 is 6.61. The number of hydrogen-bond donors (Lipinski definition) is 1. The molecular formula is C47H43N3O2Si. The van der Waals surface area contributed by atoms with E-state index >= 15 is 0 Å². The number of fused-ring (bicyclic) bond motifs is 3. The largest absolute Gasteiger partial charge is 0.507 e. The molecule has 3 aromatic heterocycles. The number of aromatic hydroxyl groups is 1. The van der Waals surface area contributed by atoms with Crippen LogP contribution in [0.4, 0.5) is 0 Å². The maximum atomic E-state index is 12.0. The molecule has 3 heterocycles. The van der Waals surface area contributed by atoms with Gasteiger partial charge in [-0.15, -0.1) is 0 Å². The van der Waals surface area contributed by atoms with Crippen molar-refractivity contribution in [1.82, 2.24) is 15.0 Å². The third-order valence-corrected chi connectivity index (χ3v) is 14.9. The Morgan fingerprint density at radius 2 is 1.25 bits per heavy atom. The molecular weight excluding hydrogens is 667 g/mol. The van der Waals surface area contributed by atoms with Gasteiger partial charge < -0.3 is 9.52 Å². The lowest BCUT2D eigenvalue weighted by Gasteiger charge is -2.33. The van der Waals surface area contributed by atoms with Crippen molar-refractivity contribution in [2.24, 2.45) is 0 Å². The van der Waals surface area contributed by atoms with Crippen molar-refractivity contribution >= 4 is 51.0 Å². The van der Waals surface area contributed by atoms with Gasteiger partial charge in [-0.25, -0.2) is 9.97 Å². The topological polar surface area (TPSA) is 72.0 Å². The lowest BCUT2D eigenvalue weighted by molar-refractivity contribution is 0.446. The predicted octanol–water partition coefficient (Wildman–Crippen LogP) is 8.78. The Hall–Kier alpha value is -5.85. The minimum absolute atomic E-state index is 0.166. The second-order valence-electron chi connectivity index (χ2n) is 15.9. The molecule has 5 nitrogen and oxygen atoms in total. The number of hydrogen-bond acceptors (Lipinski definition) is 5. The van der Waals surface area contributed by atoms with Gasteiger partial charge in [-0.3, -0.25) is 4.98 Å². The molecule has 8 rings (SSSR count). The highest BCUT2D eigenvalue weighted by molar-refractivity contribution is 7.19. The Bertz CT molecular complexity index is 2490. The van der Waals surface area contributed by atoms with Crippen molar-refractivity contribution in [2.75, 3.05) is 0 Å². The number of para-hydroxylation sites is 1. The zero-order chi connectivity index (χ0) is 37.0. The normalized spacial score (nSPS) is 12.4. The second kappa shape index (κ2) is 13.0. The average Bonchev–Trinajstić information content (AvgIpc) is 3.54. The number of benzene rings is 5. The summed E-state index contributed by atoms with van der Waals surface area (Å²) in [5, 5.41) is 17.6. The van der Waals surface area contributed by atoms with Crippen LogP contribution in [0, 0.1) is 0 Å². The van der Waals surface area contributed by atoms with E-state index in [1.165, 1.54) is 15.6 Å². The van der Waals surface area contributed by atoms with E-state index in [9.17, 15) is 5.11 Å². The van der Waals surface area contributed by atoms with Gasteiger partial charge in [0, 0.05) is 28.0 Å². The van der Waals surface area contributed by atoms with E-state index in [4.69, 9.17) is 19.4 Å². The molecule has 0 spiro atoms. The van der Waals surface area contributed by atoms with Crippen molar-refractivity contribution < 1.29 is 9.52 Å². The summed E-state index contributed by atoms with van der Waals surface area (Å²) in [5.41, 5.74) is 5.74. The van der Waals surface area contributed by atoms with Gasteiger partial charge in [0.05, 0.1) is 5.56 Å². The summed E-state index contributed by atoms with van der Waals surface area (Å²) in [5.74, 6) is 0.657. The molecule has 0 aliphatic carbocycles. The van der Waals surface area contributed by atoms with Gasteiger partial charge in [0.1, 0.15) is 22.5 Å². The molecule has 0 radical (unpaired) electrons. The van der Waals surface area contributed by atoms with Crippen LogP contribution in [0.5, 0.6) is 5.75 Å². The van der Waals surface area contributed by atoms with Crippen molar-refractivity contribution in [3.63, 3.8) is 0 Å². The summed E-state index contributed by atoms with van der Waals surface area (Å²) in [6.45, 7) is 13.0. The Labute approximate surface area is 312 Å². The molecule has 53 heavy (non-hydrogen) atoms. The molecule has 0 unspecified atom stereocenters. The van der Waals surface area contributed by atoms with Crippen LogP contribution < -0.4 is 20.9 Å². The minimum atomic E-state index is -2.93. The first-order chi connectivity index (χ1) is 25.5. The monoisotopic (exact) mass is 709 g/mol. The number of furan rings is 1. The number of pyridine rings is 1. The van der Waals surface area contributed by atoms with Crippen molar-refractivity contribution in [3.05, 3.63) is 157 Å². The highest BCUT2D eigenvalue weighted by atomic mass is 28.3. The fourth-order valence-corrected chi connectivity index (χ4v) is 12.1. The van der Waals surface area contributed by atoms with Crippen molar-refractivity contribution in [1.29, 1.82) is 0 Å². The van der Waals surface area contributed by atoms with E-state index < -0.39 is 8.07 Å². The van der Waals surface area contributed by atoms with E-state index in [1.807, 2.05) is 36.5 Å². The minimum Gasteiger partial charge on any atom is -0.507 e. The standard InChI is InChI=1S/C47H43N3O2Si/c1-46(2,3)32-29-37(43(51)38(30-32)47(4,5)6)45-49-41(44-42(50-45)36-24-13-14-25-39(36)52-44)31-18-17-23-35(28-31)53(33-19-9-7-10-20-33,34-21-11-8-12-22-34)40-26-15-16-27-48-40/h7-30,51H,1-6H3. The second-order valence-corrected chi connectivity index (χ2v) is 19.6. The lowest BCUT2D eigenvalue weighted by atomic mass is 9.79. The molecule has 0 aliphatic rings. The number of phenolic OH excluding ortho intramolecular Hbond substituents is 1. The van der Waals surface area contributed by atoms with Gasteiger partial charge in [-0.2, -0.15) is 0 Å².